The van der Waals surface area contributed by atoms with Gasteiger partial charge in [-0.25, -0.2) is 4.57 Å². The van der Waals surface area contributed by atoms with Crippen LogP contribution in [-0.2, 0) is 37.5 Å². The number of phosphoric acid groups is 1. The molecule has 11 nitrogen and oxygen atoms in total. The Morgan fingerprint density at radius 3 is 1.59 bits per heavy atom. The van der Waals surface area contributed by atoms with Crippen molar-refractivity contribution in [1.82, 2.24) is 0 Å². The van der Waals surface area contributed by atoms with E-state index in [0.717, 1.165) is 77.0 Å². The highest BCUT2D eigenvalue weighted by molar-refractivity contribution is 7.47. The lowest BCUT2D eigenvalue weighted by atomic mass is 10.1. The number of carboxylic acid groups (broad SMARTS) is 1. The fourth-order valence-electron chi connectivity index (χ4n) is 4.99. The van der Waals surface area contributed by atoms with Crippen molar-refractivity contribution in [2.75, 3.05) is 19.8 Å². The second-order valence-electron chi connectivity index (χ2n) is 13.1. The van der Waals surface area contributed by atoms with Crippen molar-refractivity contribution in [1.29, 1.82) is 0 Å². The van der Waals surface area contributed by atoms with Gasteiger partial charge in [0.2, 0.25) is 0 Å². The summed E-state index contributed by atoms with van der Waals surface area (Å²) in [7, 11) is -4.71. The molecule has 0 aliphatic heterocycles. The van der Waals surface area contributed by atoms with Gasteiger partial charge in [-0.05, 0) is 64.2 Å². The van der Waals surface area contributed by atoms with E-state index in [0.29, 0.717) is 12.8 Å². The van der Waals surface area contributed by atoms with E-state index in [1.807, 2.05) is 0 Å². The van der Waals surface area contributed by atoms with E-state index in [2.05, 4.69) is 54.8 Å². The van der Waals surface area contributed by atoms with Crippen molar-refractivity contribution in [3.05, 3.63) is 36.5 Å². The molecule has 0 radical (unpaired) electrons. The Labute approximate surface area is 308 Å². The van der Waals surface area contributed by atoms with Crippen LogP contribution in [0, 0.1) is 0 Å². The number of esters is 2. The lowest BCUT2D eigenvalue weighted by Crippen LogP contribution is -2.34. The molecule has 1 unspecified atom stereocenters. The third kappa shape index (κ3) is 34.5. The lowest BCUT2D eigenvalue weighted by Gasteiger charge is -2.20. The van der Waals surface area contributed by atoms with Crippen LogP contribution in [0.25, 0.3) is 0 Å². The number of carboxylic acids is 1. The molecular formula is C39H70NO10P. The highest BCUT2D eigenvalue weighted by Crippen LogP contribution is 2.43. The largest absolute Gasteiger partial charge is 0.480 e. The van der Waals surface area contributed by atoms with Gasteiger partial charge >= 0.3 is 25.7 Å². The van der Waals surface area contributed by atoms with Crippen LogP contribution in [0.4, 0.5) is 0 Å². The molecule has 0 bridgehead atoms. The molecule has 0 aromatic rings. The first-order chi connectivity index (χ1) is 24.6. The topological polar surface area (TPSA) is 172 Å². The van der Waals surface area contributed by atoms with Crippen LogP contribution in [0.5, 0.6) is 0 Å². The maximum absolute atomic E-state index is 12.5. The van der Waals surface area contributed by atoms with Crippen LogP contribution in [-0.4, -0.2) is 59.9 Å². The van der Waals surface area contributed by atoms with Crippen LogP contribution in [0.3, 0.4) is 0 Å². The summed E-state index contributed by atoms with van der Waals surface area (Å²) in [6, 6.07) is -1.52. The van der Waals surface area contributed by atoms with E-state index < -0.39 is 51.1 Å². The van der Waals surface area contributed by atoms with Gasteiger partial charge < -0.3 is 25.2 Å². The summed E-state index contributed by atoms with van der Waals surface area (Å²) < 4.78 is 32.5. The van der Waals surface area contributed by atoms with Crippen molar-refractivity contribution >= 4 is 25.7 Å². The quantitative estimate of drug-likeness (QED) is 0.0183. The van der Waals surface area contributed by atoms with E-state index in [1.165, 1.54) is 44.9 Å². The zero-order chi connectivity index (χ0) is 37.8. The number of hydrogen-bond acceptors (Lipinski definition) is 9. The van der Waals surface area contributed by atoms with Gasteiger partial charge in [0.15, 0.2) is 6.10 Å². The number of carbonyl (C=O) groups excluding carboxylic acids is 2. The number of rotatable bonds is 36. The molecule has 0 aromatic heterocycles. The molecule has 0 aliphatic carbocycles. The summed E-state index contributed by atoms with van der Waals surface area (Å²) in [5.41, 5.74) is 5.31. The van der Waals surface area contributed by atoms with Crippen LogP contribution in [0.15, 0.2) is 36.5 Å². The SMILES string of the molecule is CCCCC/C=C/CCCCCCCC(=O)O[C@H](COC(=O)CCCCCCC/C=C/C=C/CCCCCC)COP(=O)(O)OC[C@H](N)C(=O)O. The summed E-state index contributed by atoms with van der Waals surface area (Å²) >= 11 is 0. The van der Waals surface area contributed by atoms with Gasteiger partial charge in [0, 0.05) is 12.8 Å². The van der Waals surface area contributed by atoms with Crippen molar-refractivity contribution in [2.24, 2.45) is 5.73 Å². The standard InChI is InChI=1S/C39H70NO10P/c1-3-5-7-9-11-13-15-17-18-19-21-22-24-26-28-30-37(41)47-32-35(33-48-51(45,46)49-34-36(40)39(43)44)50-38(42)31-29-27-25-23-20-16-14-12-10-8-6-4-2/h12-15,17-18,35-36H,3-11,16,19-34,40H2,1-2H3,(H,43,44)(H,45,46)/b14-12+,15-13+,18-17+/t35-,36+/m1/s1. The number of unbranched alkanes of at least 4 members (excludes halogenated alkanes) is 17. The summed E-state index contributed by atoms with van der Waals surface area (Å²) in [6.45, 7) is 2.71. The van der Waals surface area contributed by atoms with E-state index >= 15 is 0 Å². The fourth-order valence-corrected chi connectivity index (χ4v) is 5.77. The molecule has 0 aliphatic rings. The first-order valence-electron chi connectivity index (χ1n) is 19.5. The zero-order valence-corrected chi connectivity index (χ0v) is 32.6. The van der Waals surface area contributed by atoms with Crippen molar-refractivity contribution in [2.45, 2.75) is 174 Å². The zero-order valence-electron chi connectivity index (χ0n) is 31.7. The van der Waals surface area contributed by atoms with E-state index in [-0.39, 0.29) is 19.4 Å². The van der Waals surface area contributed by atoms with Crippen LogP contribution < -0.4 is 5.73 Å². The maximum atomic E-state index is 12.5. The molecule has 0 saturated heterocycles. The van der Waals surface area contributed by atoms with Crippen molar-refractivity contribution in [3.63, 3.8) is 0 Å². The molecule has 4 N–H and O–H groups in total. The second-order valence-corrected chi connectivity index (χ2v) is 14.5. The predicted molar refractivity (Wildman–Crippen MR) is 203 cm³/mol. The number of ether oxygens (including phenoxy) is 2. The Balaban J connectivity index is 4.47. The smallest absolute Gasteiger partial charge is 0.472 e. The molecule has 0 amide bonds. The van der Waals surface area contributed by atoms with E-state index in [1.54, 1.807) is 0 Å². The van der Waals surface area contributed by atoms with Crippen LogP contribution in [0.1, 0.15) is 162 Å². The molecule has 3 atom stereocenters. The average molecular weight is 744 g/mol. The molecule has 0 fully saturated rings. The lowest BCUT2D eigenvalue weighted by molar-refractivity contribution is -0.161. The molecule has 0 saturated carbocycles. The molecule has 0 rings (SSSR count). The normalized spacial score (nSPS) is 14.3. The maximum Gasteiger partial charge on any atom is 0.472 e. The highest BCUT2D eigenvalue weighted by atomic mass is 31.2. The number of hydrogen-bond donors (Lipinski definition) is 3. The Morgan fingerprint density at radius 1 is 0.608 bits per heavy atom. The summed E-state index contributed by atoms with van der Waals surface area (Å²) in [5.74, 6) is -2.41. The fraction of sp³-hybridized carbons (Fsp3) is 0.769. The van der Waals surface area contributed by atoms with E-state index in [4.69, 9.17) is 24.8 Å². The highest BCUT2D eigenvalue weighted by Gasteiger charge is 2.28. The first-order valence-corrected chi connectivity index (χ1v) is 21.0. The Bertz CT molecular complexity index is 1020. The molecule has 0 heterocycles. The van der Waals surface area contributed by atoms with Gasteiger partial charge in [0.1, 0.15) is 12.6 Å². The van der Waals surface area contributed by atoms with E-state index in [9.17, 15) is 23.8 Å². The number of aliphatic carboxylic acids is 1. The van der Waals surface area contributed by atoms with Crippen molar-refractivity contribution in [3.8, 4) is 0 Å². The van der Waals surface area contributed by atoms with Crippen LogP contribution in [0.2, 0.25) is 0 Å². The third-order valence-corrected chi connectivity index (χ3v) is 9.09. The van der Waals surface area contributed by atoms with Crippen molar-refractivity contribution < 1.29 is 47.5 Å². The van der Waals surface area contributed by atoms with Gasteiger partial charge in [-0.15, -0.1) is 0 Å². The minimum absolute atomic E-state index is 0.147. The molecule has 51 heavy (non-hydrogen) atoms. The van der Waals surface area contributed by atoms with Gasteiger partial charge in [0.25, 0.3) is 0 Å². The van der Waals surface area contributed by atoms with Gasteiger partial charge in [-0.3, -0.25) is 23.4 Å². The van der Waals surface area contributed by atoms with Crippen LogP contribution >= 0.6 is 7.82 Å². The minimum atomic E-state index is -4.71. The third-order valence-electron chi connectivity index (χ3n) is 8.14. The molecule has 296 valence electrons. The molecular weight excluding hydrogens is 673 g/mol. The average Bonchev–Trinajstić information content (AvgIpc) is 3.10. The number of phosphoric ester groups is 1. The Hall–Kier alpha value is -2.30. The van der Waals surface area contributed by atoms with Gasteiger partial charge in [-0.1, -0.05) is 121 Å². The second kappa shape index (κ2) is 34.8. The summed E-state index contributed by atoms with van der Waals surface area (Å²) in [4.78, 5) is 45.7. The number of nitrogens with two attached hydrogens (primary N) is 1. The number of allylic oxidation sites excluding steroid dienone is 6. The van der Waals surface area contributed by atoms with Gasteiger partial charge in [0.05, 0.1) is 13.2 Å². The molecule has 0 spiro atoms. The molecule has 12 heteroatoms. The minimum Gasteiger partial charge on any atom is -0.480 e. The molecule has 0 aromatic carbocycles. The Morgan fingerprint density at radius 2 is 1.04 bits per heavy atom. The van der Waals surface area contributed by atoms with Gasteiger partial charge in [-0.2, -0.15) is 0 Å². The first kappa shape index (κ1) is 48.7. The summed E-state index contributed by atoms with van der Waals surface area (Å²) in [5, 5.41) is 8.86. The predicted octanol–water partition coefficient (Wildman–Crippen LogP) is 9.67. The monoisotopic (exact) mass is 743 g/mol. The summed E-state index contributed by atoms with van der Waals surface area (Å²) in [6.07, 6.45) is 35.0. The Kier molecular flexibility index (Phi) is 33.2. The number of carbonyl (C=O) groups is 3.